The van der Waals surface area contributed by atoms with Crippen LogP contribution in [0.1, 0.15) is 39.5 Å². The lowest BCUT2D eigenvalue weighted by molar-refractivity contribution is -0.129. The van der Waals surface area contributed by atoms with Crippen LogP contribution in [0, 0.1) is 16.2 Å². The average Bonchev–Trinajstić information content (AvgIpc) is 2.80. The zero-order valence-corrected chi connectivity index (χ0v) is 9.40. The van der Waals surface area contributed by atoms with Gasteiger partial charge in [0, 0.05) is 13.0 Å². The van der Waals surface area contributed by atoms with E-state index in [1.54, 1.807) is 4.90 Å². The van der Waals surface area contributed by atoms with E-state index >= 15 is 0 Å². The molecule has 1 aliphatic heterocycles. The summed E-state index contributed by atoms with van der Waals surface area (Å²) in [7, 11) is 0. The standard InChI is InChI=1S/C11H18N2O2/c1-3-8-5-11(8)6-10(14)13(7-11)9(4-2)12-15/h8-9H,3-7H2,1-2H3/t8-,9-,11?/m0/s1. The van der Waals surface area contributed by atoms with Crippen LogP contribution < -0.4 is 0 Å². The Hall–Kier alpha value is -0.930. The topological polar surface area (TPSA) is 49.7 Å². The van der Waals surface area contributed by atoms with E-state index in [4.69, 9.17) is 0 Å². The van der Waals surface area contributed by atoms with E-state index in [1.165, 1.54) is 0 Å². The largest absolute Gasteiger partial charge is 0.317 e. The molecule has 2 aliphatic rings. The minimum Gasteiger partial charge on any atom is -0.317 e. The highest BCUT2D eigenvalue weighted by Crippen LogP contribution is 2.60. The fourth-order valence-electron chi connectivity index (χ4n) is 2.93. The molecule has 0 radical (unpaired) electrons. The van der Waals surface area contributed by atoms with Crippen LogP contribution >= 0.6 is 0 Å². The Morgan fingerprint density at radius 3 is 2.80 bits per heavy atom. The number of likely N-dealkylation sites (tertiary alicyclic amines) is 1. The molecule has 1 aliphatic carbocycles. The van der Waals surface area contributed by atoms with E-state index in [1.807, 2.05) is 6.92 Å². The summed E-state index contributed by atoms with van der Waals surface area (Å²) in [5, 5.41) is 3.04. The van der Waals surface area contributed by atoms with E-state index in [2.05, 4.69) is 12.1 Å². The summed E-state index contributed by atoms with van der Waals surface area (Å²) in [5.74, 6) is 0.813. The zero-order valence-electron chi connectivity index (χ0n) is 9.40. The van der Waals surface area contributed by atoms with Crippen LogP contribution in [-0.4, -0.2) is 23.5 Å². The molecule has 0 aromatic heterocycles. The molecule has 1 saturated carbocycles. The summed E-state index contributed by atoms with van der Waals surface area (Å²) in [5.41, 5.74) is 0.212. The summed E-state index contributed by atoms with van der Waals surface area (Å²) in [4.78, 5) is 24.1. The minimum atomic E-state index is -0.435. The zero-order chi connectivity index (χ0) is 11.1. The smallest absolute Gasteiger partial charge is 0.225 e. The van der Waals surface area contributed by atoms with E-state index in [0.717, 1.165) is 19.4 Å². The van der Waals surface area contributed by atoms with Crippen LogP contribution in [0.25, 0.3) is 0 Å². The van der Waals surface area contributed by atoms with Gasteiger partial charge >= 0.3 is 0 Å². The van der Waals surface area contributed by atoms with Crippen molar-refractivity contribution < 1.29 is 4.79 Å². The first-order valence-corrected chi connectivity index (χ1v) is 5.78. The Labute approximate surface area is 90.0 Å². The second kappa shape index (κ2) is 3.58. The third kappa shape index (κ3) is 1.56. The maximum Gasteiger partial charge on any atom is 0.225 e. The number of nitroso groups, excluding NO2 is 1. The van der Waals surface area contributed by atoms with Crippen LogP contribution in [-0.2, 0) is 4.79 Å². The lowest BCUT2D eigenvalue weighted by Crippen LogP contribution is -2.34. The van der Waals surface area contributed by atoms with Crippen LogP contribution in [0.15, 0.2) is 5.18 Å². The summed E-state index contributed by atoms with van der Waals surface area (Å²) < 4.78 is 0. The highest BCUT2D eigenvalue weighted by molar-refractivity contribution is 5.80. The van der Waals surface area contributed by atoms with Crippen molar-refractivity contribution in [2.75, 3.05) is 6.54 Å². The van der Waals surface area contributed by atoms with Crippen LogP contribution in [0.5, 0.6) is 0 Å². The van der Waals surface area contributed by atoms with Crippen molar-refractivity contribution in [3.05, 3.63) is 4.91 Å². The third-order valence-corrected chi connectivity index (χ3v) is 4.01. The number of hydrogen-bond donors (Lipinski definition) is 0. The lowest BCUT2D eigenvalue weighted by Gasteiger charge is -2.20. The number of rotatable bonds is 4. The van der Waals surface area contributed by atoms with Gasteiger partial charge in [0.05, 0.1) is 0 Å². The maximum atomic E-state index is 11.8. The van der Waals surface area contributed by atoms with Gasteiger partial charge in [-0.15, -0.1) is 4.91 Å². The van der Waals surface area contributed by atoms with Gasteiger partial charge in [0.1, 0.15) is 0 Å². The lowest BCUT2D eigenvalue weighted by atomic mass is 10.0. The molecule has 0 aromatic carbocycles. The molecule has 2 rings (SSSR count). The van der Waals surface area contributed by atoms with Gasteiger partial charge < -0.3 is 4.90 Å². The van der Waals surface area contributed by atoms with Crippen LogP contribution in [0.3, 0.4) is 0 Å². The fraction of sp³-hybridized carbons (Fsp3) is 0.909. The molecule has 0 bridgehead atoms. The van der Waals surface area contributed by atoms with Gasteiger partial charge in [-0.1, -0.05) is 20.3 Å². The molecule has 1 amide bonds. The molecule has 84 valence electrons. The number of hydrogen-bond acceptors (Lipinski definition) is 3. The van der Waals surface area contributed by atoms with Gasteiger partial charge in [0.2, 0.25) is 5.91 Å². The van der Waals surface area contributed by atoms with Crippen LogP contribution in [0.4, 0.5) is 0 Å². The first-order valence-electron chi connectivity index (χ1n) is 5.78. The Morgan fingerprint density at radius 2 is 2.33 bits per heavy atom. The first kappa shape index (κ1) is 10.6. The number of carbonyl (C=O) groups excluding carboxylic acids is 1. The number of carbonyl (C=O) groups is 1. The van der Waals surface area contributed by atoms with Crippen molar-refractivity contribution in [2.45, 2.75) is 45.7 Å². The average molecular weight is 210 g/mol. The van der Waals surface area contributed by atoms with E-state index in [-0.39, 0.29) is 11.3 Å². The monoisotopic (exact) mass is 210 g/mol. The van der Waals surface area contributed by atoms with Gasteiger partial charge in [0.25, 0.3) is 0 Å². The molecule has 3 atom stereocenters. The quantitative estimate of drug-likeness (QED) is 0.667. The SMILES string of the molecule is CC[C@H]1CC12CC(=O)N([C@@H](CC)N=O)C2. The normalized spacial score (nSPS) is 36.0. The van der Waals surface area contributed by atoms with Gasteiger partial charge in [-0.2, -0.15) is 0 Å². The maximum absolute atomic E-state index is 11.8. The highest BCUT2D eigenvalue weighted by Gasteiger charge is 2.59. The van der Waals surface area contributed by atoms with Gasteiger partial charge in [-0.25, -0.2) is 0 Å². The molecular weight excluding hydrogens is 192 g/mol. The second-order valence-corrected chi connectivity index (χ2v) is 4.86. The second-order valence-electron chi connectivity index (χ2n) is 4.86. The summed E-state index contributed by atoms with van der Waals surface area (Å²) >= 11 is 0. The van der Waals surface area contributed by atoms with Crippen molar-refractivity contribution >= 4 is 5.91 Å². The molecular formula is C11H18N2O2. The predicted octanol–water partition coefficient (Wildman–Crippen LogP) is 2.14. The van der Waals surface area contributed by atoms with Gasteiger partial charge in [0.15, 0.2) is 6.17 Å². The molecule has 1 heterocycles. The summed E-state index contributed by atoms with van der Waals surface area (Å²) in [6.45, 7) is 4.82. The Bertz CT molecular complexity index is 292. The Morgan fingerprint density at radius 1 is 1.60 bits per heavy atom. The fourth-order valence-corrected chi connectivity index (χ4v) is 2.93. The van der Waals surface area contributed by atoms with Crippen molar-refractivity contribution in [2.24, 2.45) is 16.5 Å². The molecule has 0 N–H and O–H groups in total. The van der Waals surface area contributed by atoms with Crippen molar-refractivity contribution in [1.29, 1.82) is 0 Å². The molecule has 2 fully saturated rings. The molecule has 15 heavy (non-hydrogen) atoms. The Kier molecular flexibility index (Phi) is 2.52. The summed E-state index contributed by atoms with van der Waals surface area (Å²) in [6, 6.07) is 0. The van der Waals surface area contributed by atoms with Gasteiger partial charge in [-0.3, -0.25) is 4.79 Å². The van der Waals surface area contributed by atoms with Crippen molar-refractivity contribution in [3.63, 3.8) is 0 Å². The summed E-state index contributed by atoms with van der Waals surface area (Å²) in [6.07, 6.45) is 3.13. The minimum absolute atomic E-state index is 0.123. The van der Waals surface area contributed by atoms with Crippen LogP contribution in [0.2, 0.25) is 0 Å². The molecule has 4 heteroatoms. The molecule has 1 unspecified atom stereocenters. The Balaban J connectivity index is 2.05. The first-order chi connectivity index (χ1) is 7.16. The van der Waals surface area contributed by atoms with E-state index in [9.17, 15) is 9.70 Å². The van der Waals surface area contributed by atoms with E-state index in [0.29, 0.717) is 18.8 Å². The van der Waals surface area contributed by atoms with Crippen molar-refractivity contribution in [1.82, 2.24) is 4.90 Å². The molecule has 1 saturated heterocycles. The molecule has 0 aromatic rings. The van der Waals surface area contributed by atoms with Crippen molar-refractivity contribution in [3.8, 4) is 0 Å². The third-order valence-electron chi connectivity index (χ3n) is 4.01. The molecule has 1 spiro atoms. The molecule has 4 nitrogen and oxygen atoms in total. The number of amides is 1. The predicted molar refractivity (Wildman–Crippen MR) is 57.0 cm³/mol. The van der Waals surface area contributed by atoms with Gasteiger partial charge in [-0.05, 0) is 29.4 Å². The number of nitrogens with zero attached hydrogens (tertiary/aromatic N) is 2. The van der Waals surface area contributed by atoms with E-state index < -0.39 is 6.17 Å². The highest BCUT2D eigenvalue weighted by atomic mass is 16.3.